The van der Waals surface area contributed by atoms with Crippen LogP contribution in [-0.4, -0.2) is 203 Å². The van der Waals surface area contributed by atoms with Crippen molar-refractivity contribution in [2.24, 2.45) is 69.0 Å². The average Bonchev–Trinajstić information content (AvgIpc) is 1.57. The van der Waals surface area contributed by atoms with Crippen molar-refractivity contribution in [1.82, 2.24) is 10.2 Å². The Labute approximate surface area is 668 Å². The Morgan fingerprint density at radius 1 is 0.646 bits per heavy atom. The number of carbonyl (C=O) groups excluding carboxylic acids is 6. The van der Waals surface area contributed by atoms with E-state index in [1.54, 1.807) is 92.9 Å². The van der Waals surface area contributed by atoms with Gasteiger partial charge >= 0.3 is 36.1 Å². The third-order valence-corrected chi connectivity index (χ3v) is 27.6. The smallest absolute Gasteiger partial charge is 0.413 e. The summed E-state index contributed by atoms with van der Waals surface area (Å²) in [5.41, 5.74) is -5.79. The molecule has 1 aromatic carbocycles. The summed E-state index contributed by atoms with van der Waals surface area (Å²) in [5, 5.41) is 39.2. The molecule has 0 aromatic heterocycles. The highest BCUT2D eigenvalue weighted by Crippen LogP contribution is 2.74. The maximum Gasteiger partial charge on any atom is 0.413 e. The van der Waals surface area contributed by atoms with Crippen LogP contribution in [0.15, 0.2) is 65.8 Å². The van der Waals surface area contributed by atoms with Gasteiger partial charge in [0.15, 0.2) is 42.2 Å². The number of alkyl carbamates (subject to hydrolysis) is 1. The van der Waals surface area contributed by atoms with Crippen LogP contribution >= 0.6 is 0 Å². The van der Waals surface area contributed by atoms with Gasteiger partial charge in [-0.3, -0.25) is 14.5 Å². The zero-order chi connectivity index (χ0) is 83.9. The summed E-state index contributed by atoms with van der Waals surface area (Å²) >= 11 is 0. The third kappa shape index (κ3) is 14.7. The number of nitrogens with zero attached hydrogens (tertiary/aromatic N) is 1. The lowest BCUT2D eigenvalue weighted by Crippen LogP contribution is -2.78. The highest BCUT2D eigenvalue weighted by molar-refractivity contribution is 5.80. The Morgan fingerprint density at radius 3 is 1.49 bits per heavy atom. The fraction of sp³-hybridized carbons (Fsp3) is 0.770. The number of rotatable bonds is 19. The molecule has 5 saturated heterocycles. The number of hydrogen-bond acceptors (Lipinski definition) is 24. The van der Waals surface area contributed by atoms with Crippen molar-refractivity contribution in [2.75, 3.05) is 27.4 Å². The van der Waals surface area contributed by atoms with Gasteiger partial charge in [-0.25, -0.2) is 19.2 Å². The van der Waals surface area contributed by atoms with Crippen LogP contribution in [-0.2, 0) is 80.8 Å². The second-order valence-corrected chi connectivity index (χ2v) is 38.5. The number of carbonyl (C=O) groups is 6. The van der Waals surface area contributed by atoms with Crippen molar-refractivity contribution in [2.45, 2.75) is 330 Å². The molecule has 26 heteroatoms. The van der Waals surface area contributed by atoms with Gasteiger partial charge in [-0.05, 0) is 155 Å². The Bertz CT molecular complexity index is 3880. The molecule has 9 fully saturated rings. The molecule has 2 amide bonds. The van der Waals surface area contributed by atoms with E-state index in [-0.39, 0.29) is 73.8 Å². The number of methoxy groups -OCH3 is 2. The van der Waals surface area contributed by atoms with Crippen molar-refractivity contribution < 1.29 is 115 Å². The summed E-state index contributed by atoms with van der Waals surface area (Å²) in [7, 11) is 3.07. The third-order valence-electron chi connectivity index (χ3n) is 27.6. The van der Waals surface area contributed by atoms with Crippen LogP contribution in [0.4, 0.5) is 9.59 Å². The number of ether oxygens (including phenoxy) is 15. The zero-order valence-corrected chi connectivity index (χ0v) is 71.6. The first-order chi connectivity index (χ1) is 52.3. The number of nitrogens with one attached hydrogen (secondary N) is 1. The largest absolute Gasteiger partial charge is 0.497 e. The van der Waals surface area contributed by atoms with Crippen molar-refractivity contribution in [3.63, 3.8) is 0 Å². The molecule has 113 heavy (non-hydrogen) atoms. The van der Waals surface area contributed by atoms with Crippen LogP contribution in [0, 0.1) is 69.0 Å². The second kappa shape index (κ2) is 30.9. The van der Waals surface area contributed by atoms with E-state index in [9.17, 15) is 39.3 Å². The van der Waals surface area contributed by atoms with Gasteiger partial charge in [-0.15, -0.1) is 0 Å². The van der Waals surface area contributed by atoms with Crippen molar-refractivity contribution in [3.8, 4) is 11.5 Å². The molecule has 0 radical (unpaired) electrons. The van der Waals surface area contributed by atoms with Crippen molar-refractivity contribution in [3.05, 3.63) is 71.4 Å². The first-order valence-corrected chi connectivity index (χ1v) is 40.7. The molecule has 5 heterocycles. The minimum Gasteiger partial charge on any atom is -0.497 e. The Balaban J connectivity index is 0.000000228. The highest BCUT2D eigenvalue weighted by Gasteiger charge is 2.80. The normalized spacial score (nSPS) is 39.4. The minimum absolute atomic E-state index is 0.0332. The molecule has 6 aliphatic carbocycles. The Morgan fingerprint density at radius 2 is 1.11 bits per heavy atom. The van der Waals surface area contributed by atoms with Crippen LogP contribution in [0.5, 0.6) is 11.5 Å². The molecule has 632 valence electrons. The summed E-state index contributed by atoms with van der Waals surface area (Å²) in [4.78, 5) is 83.2. The maximum atomic E-state index is 15.0. The van der Waals surface area contributed by atoms with E-state index in [1.165, 1.54) is 25.9 Å². The van der Waals surface area contributed by atoms with Gasteiger partial charge in [0.25, 0.3) is 0 Å². The lowest BCUT2D eigenvalue weighted by atomic mass is 9.47. The summed E-state index contributed by atoms with van der Waals surface area (Å²) in [6.07, 6.45) is -5.32. The molecule has 4 saturated carbocycles. The molecular weight excluding hydrogens is 1460 g/mol. The van der Waals surface area contributed by atoms with Crippen LogP contribution in [0.25, 0.3) is 0 Å². The van der Waals surface area contributed by atoms with Gasteiger partial charge < -0.3 is 91.7 Å². The number of hydrogen-bond donors (Lipinski definition) is 4. The standard InChI is InChI=1S/C48H69NO13.C39H61NO11/c1-16-36-58-34-21-35-48(23-56-35,61-28(7)50)39-27(6)47(45(11,12)53)22-33(25(4)37(47)26(5)40(59-36)46(34,39)13)57-42(51)38-31(19-24(2)3)49(43(52)62-44(8,9)10)41(60-38)30-18-17-29(54-14)20-32(30)55-15;1-14-28-48-26-16-27-39(18-46-27,50-23(7)41)31-22(6)38(36(11,12)45)17-25(20(4)29(38)21(5)32(49-28)37(26,31)13)47-33(43)30(42)24(15-19(2)3)40-34(44)51-35(8,9)10/h16-18,20,24,26-27,31,33-36,38-41,53H,1,19,21-23H2,2-15H3;14,19,21-22,24-28,30-32,42,45H,1,15-18H2,2-13H3,(H,40,44)/t26-,27-,31?,33-,34-,35?,36?,38+,39-,40-,41?,46+,47+,48-;21-,22-,24-,25-,26-,27?,28?,30+,31-,32-,37+,38+,39-/m00/s1. The van der Waals surface area contributed by atoms with E-state index in [4.69, 9.17) is 71.1 Å². The zero-order valence-electron chi connectivity index (χ0n) is 71.6. The van der Waals surface area contributed by atoms with Crippen LogP contribution in [0.1, 0.15) is 216 Å². The number of aliphatic hydroxyl groups excluding tert-OH is 1. The van der Waals surface area contributed by atoms with Gasteiger partial charge in [0.05, 0.1) is 75.1 Å². The predicted octanol–water partition coefficient (Wildman–Crippen LogP) is 12.4. The van der Waals surface area contributed by atoms with E-state index in [1.807, 2.05) is 55.4 Å². The maximum absolute atomic E-state index is 15.0. The van der Waals surface area contributed by atoms with Crippen molar-refractivity contribution >= 4 is 36.1 Å². The summed E-state index contributed by atoms with van der Waals surface area (Å²) in [6.45, 7) is 53.4. The molecule has 4 N–H and O–H groups in total. The molecule has 1 aromatic rings. The Hall–Kier alpha value is -6.20. The second-order valence-electron chi connectivity index (χ2n) is 38.5. The van der Waals surface area contributed by atoms with Gasteiger partial charge in [-0.1, -0.05) is 93.5 Å². The average molecular weight is 1590 g/mol. The van der Waals surface area contributed by atoms with Crippen LogP contribution in [0.2, 0.25) is 0 Å². The summed E-state index contributed by atoms with van der Waals surface area (Å²) in [6, 6.07) is 3.47. The van der Waals surface area contributed by atoms with Gasteiger partial charge in [0, 0.05) is 96.5 Å². The van der Waals surface area contributed by atoms with Crippen molar-refractivity contribution in [1.29, 1.82) is 0 Å². The molecule has 11 aliphatic rings. The van der Waals surface area contributed by atoms with E-state index < -0.39 is 183 Å². The number of fused-ring (bicyclic) bond motifs is 6. The number of esters is 4. The molecular formula is C87H130N2O24. The van der Waals surface area contributed by atoms with Crippen LogP contribution in [0.3, 0.4) is 0 Å². The van der Waals surface area contributed by atoms with E-state index >= 15 is 4.79 Å². The molecule has 12 rings (SSSR count). The summed E-state index contributed by atoms with van der Waals surface area (Å²) < 4.78 is 94.0. The molecule has 0 spiro atoms. The fourth-order valence-electron chi connectivity index (χ4n) is 23.7. The molecule has 0 bridgehead atoms. The molecule has 6 unspecified atom stereocenters. The molecule has 27 atom stereocenters. The topological polar surface area (TPSA) is 317 Å². The quantitative estimate of drug-likeness (QED) is 0.0568. The lowest BCUT2D eigenvalue weighted by molar-refractivity contribution is -0.387. The summed E-state index contributed by atoms with van der Waals surface area (Å²) in [5.74, 6) is -3.48. The van der Waals surface area contributed by atoms with E-state index in [0.29, 0.717) is 42.7 Å². The minimum atomic E-state index is -1.68. The number of aliphatic hydroxyl groups is 3. The SMILES string of the molecule is C=CC1O[C@H]2CC3OC[C@@]3(OC(C)=O)[C@H]3[C@H](C)[C@]4(C(C)(C)O)C[C@H](OC(=O)[C@@H]5OC(c6ccc(OC)cc6OC)N(C(=O)OC(C)(C)C)C5CC(C)C)C(C)=C4[C@H](C)[C@H](O1)[C@]23C.C=CC1O[C@H]2CC3OC[C@@]3(OC(C)=O)[C@H]3[C@H](C)[C@]4(C(C)(C)O)C[C@H](OC(=O)[C@H](O)[C@H](CC(C)C)NC(=O)OC(C)(C)C)C(C)=C4[C@H](C)[C@H](O1)[C@]23C. The lowest BCUT2D eigenvalue weighted by Gasteiger charge is -2.68. The first kappa shape index (κ1) is 87.6. The monoisotopic (exact) mass is 1590 g/mol. The Kier molecular flexibility index (Phi) is 24.0. The number of benzene rings is 1. The molecule has 26 nitrogen and oxygen atoms in total. The number of amides is 2. The predicted molar refractivity (Wildman–Crippen MR) is 414 cm³/mol. The first-order valence-electron chi connectivity index (χ1n) is 40.7. The molecule has 5 aliphatic heterocycles. The van der Waals surface area contributed by atoms with E-state index in [2.05, 4.69) is 60.0 Å². The van der Waals surface area contributed by atoms with E-state index in [0.717, 1.165) is 22.3 Å². The van der Waals surface area contributed by atoms with Gasteiger partial charge in [0.1, 0.15) is 47.1 Å². The van der Waals surface area contributed by atoms with Crippen LogP contribution < -0.4 is 14.8 Å². The highest BCUT2D eigenvalue weighted by atomic mass is 16.7. The van der Waals surface area contributed by atoms with Gasteiger partial charge in [-0.2, -0.15) is 0 Å². The fourth-order valence-corrected chi connectivity index (χ4v) is 23.7. The van der Waals surface area contributed by atoms with Gasteiger partial charge in [0.2, 0.25) is 0 Å².